The Morgan fingerprint density at radius 1 is 1.45 bits per heavy atom. The molecule has 1 aromatic rings. The third kappa shape index (κ3) is 5.30. The van der Waals surface area contributed by atoms with Gasteiger partial charge >= 0.3 is 0 Å². The van der Waals surface area contributed by atoms with E-state index in [1.807, 2.05) is 6.92 Å². The molecule has 1 aromatic carbocycles. The number of nitrogens with two attached hydrogens (primary N) is 1. The summed E-state index contributed by atoms with van der Waals surface area (Å²) in [6.07, 6.45) is 0.934. The molecule has 0 radical (unpaired) electrons. The molecule has 1 unspecified atom stereocenters. The zero-order valence-electron chi connectivity index (χ0n) is 12.1. The minimum absolute atomic E-state index is 0.0516. The number of amides is 1. The Labute approximate surface area is 124 Å². The van der Waals surface area contributed by atoms with Gasteiger partial charge < -0.3 is 20.5 Å². The Bertz CT molecular complexity index is 440. The van der Waals surface area contributed by atoms with E-state index in [0.717, 1.165) is 12.2 Å². The normalized spacial score (nSPS) is 11.9. The number of nitrogen functional groups attached to an aromatic ring is 1. The number of hydrogen-bond donors (Lipinski definition) is 2. The maximum absolute atomic E-state index is 12.0. The molecular weight excluding hydrogens is 276 g/mol. The number of methoxy groups -OCH3 is 2. The summed E-state index contributed by atoms with van der Waals surface area (Å²) in [6.45, 7) is 2.60. The molecule has 1 atom stereocenters. The molecule has 5 nitrogen and oxygen atoms in total. The number of anilines is 2. The zero-order chi connectivity index (χ0) is 15.0. The summed E-state index contributed by atoms with van der Waals surface area (Å²) in [4.78, 5) is 12.0. The van der Waals surface area contributed by atoms with E-state index < -0.39 is 0 Å². The molecule has 20 heavy (non-hydrogen) atoms. The first kappa shape index (κ1) is 16.7. The van der Waals surface area contributed by atoms with Gasteiger partial charge in [-0.2, -0.15) is 0 Å². The van der Waals surface area contributed by atoms with E-state index in [9.17, 15) is 4.79 Å². The first-order valence-electron chi connectivity index (χ1n) is 6.43. The summed E-state index contributed by atoms with van der Waals surface area (Å²) in [6, 6.07) is 5.20. The van der Waals surface area contributed by atoms with Crippen LogP contribution in [0.25, 0.3) is 0 Å². The average molecular weight is 298 g/mol. The highest BCUT2D eigenvalue weighted by Crippen LogP contribution is 2.25. The summed E-state index contributed by atoms with van der Waals surface area (Å²) in [7, 11) is 3.25. The van der Waals surface area contributed by atoms with E-state index in [0.29, 0.717) is 23.7 Å². The number of nitrogens with one attached hydrogen (secondary N) is 1. The van der Waals surface area contributed by atoms with Gasteiger partial charge in [0.15, 0.2) is 0 Å². The molecule has 0 spiro atoms. The Morgan fingerprint density at radius 3 is 2.80 bits per heavy atom. The van der Waals surface area contributed by atoms with Gasteiger partial charge in [-0.25, -0.2) is 0 Å². The third-order valence-electron chi connectivity index (χ3n) is 2.75. The van der Waals surface area contributed by atoms with Gasteiger partial charge in [-0.1, -0.05) is 0 Å². The topological polar surface area (TPSA) is 73.6 Å². The summed E-state index contributed by atoms with van der Waals surface area (Å²) in [5, 5.41) is 2.70. The van der Waals surface area contributed by atoms with E-state index in [-0.39, 0.29) is 11.2 Å². The van der Waals surface area contributed by atoms with Gasteiger partial charge in [0.2, 0.25) is 5.91 Å². The molecule has 0 aliphatic carbocycles. The Morgan fingerprint density at radius 2 is 2.20 bits per heavy atom. The molecule has 112 valence electrons. The van der Waals surface area contributed by atoms with Crippen molar-refractivity contribution in [2.45, 2.75) is 18.6 Å². The van der Waals surface area contributed by atoms with Gasteiger partial charge in [-0.15, -0.1) is 11.8 Å². The Hall–Kier alpha value is -1.40. The van der Waals surface area contributed by atoms with Crippen LogP contribution in [0.15, 0.2) is 18.2 Å². The van der Waals surface area contributed by atoms with Crippen molar-refractivity contribution in [3.05, 3.63) is 18.2 Å². The van der Waals surface area contributed by atoms with Gasteiger partial charge in [0.1, 0.15) is 5.75 Å². The van der Waals surface area contributed by atoms with Gasteiger partial charge in [-0.05, 0) is 31.2 Å². The molecule has 0 aliphatic rings. The second kappa shape index (κ2) is 8.71. The highest BCUT2D eigenvalue weighted by Gasteiger charge is 2.14. The molecular formula is C14H22N2O3S. The Kier molecular flexibility index (Phi) is 7.25. The fourth-order valence-electron chi connectivity index (χ4n) is 1.56. The zero-order valence-corrected chi connectivity index (χ0v) is 13.0. The predicted molar refractivity (Wildman–Crippen MR) is 84.4 cm³/mol. The monoisotopic (exact) mass is 298 g/mol. The molecule has 0 heterocycles. The van der Waals surface area contributed by atoms with Crippen LogP contribution in [0.4, 0.5) is 11.4 Å². The smallest absolute Gasteiger partial charge is 0.237 e. The minimum Gasteiger partial charge on any atom is -0.497 e. The number of carbonyl (C=O) groups is 1. The first-order valence-corrected chi connectivity index (χ1v) is 7.48. The fourth-order valence-corrected chi connectivity index (χ4v) is 2.40. The maximum Gasteiger partial charge on any atom is 0.237 e. The van der Waals surface area contributed by atoms with Gasteiger partial charge in [-0.3, -0.25) is 4.79 Å². The summed E-state index contributed by atoms with van der Waals surface area (Å²) in [5.41, 5.74) is 6.97. The molecule has 0 aliphatic heterocycles. The van der Waals surface area contributed by atoms with Crippen LogP contribution in [0.3, 0.4) is 0 Å². The molecule has 1 amide bonds. The van der Waals surface area contributed by atoms with E-state index in [2.05, 4.69) is 5.32 Å². The summed E-state index contributed by atoms with van der Waals surface area (Å²) >= 11 is 1.60. The highest BCUT2D eigenvalue weighted by molar-refractivity contribution is 8.00. The van der Waals surface area contributed by atoms with E-state index in [1.165, 1.54) is 0 Å². The van der Waals surface area contributed by atoms with Crippen molar-refractivity contribution < 1.29 is 14.3 Å². The van der Waals surface area contributed by atoms with Crippen molar-refractivity contribution in [3.63, 3.8) is 0 Å². The highest BCUT2D eigenvalue weighted by atomic mass is 32.2. The molecule has 0 saturated heterocycles. The molecule has 6 heteroatoms. The lowest BCUT2D eigenvalue weighted by Gasteiger charge is -2.14. The minimum atomic E-state index is -0.131. The first-order chi connectivity index (χ1) is 9.58. The number of ether oxygens (including phenoxy) is 2. The maximum atomic E-state index is 12.0. The van der Waals surface area contributed by atoms with Gasteiger partial charge in [0.05, 0.1) is 23.7 Å². The second-order valence-electron chi connectivity index (χ2n) is 4.30. The molecule has 0 saturated carbocycles. The standard InChI is InChI=1S/C14H22N2O3S/c1-10(20-8-4-7-18-2)14(17)16-13-6-5-11(19-3)9-12(13)15/h5-6,9-10H,4,7-8,15H2,1-3H3,(H,16,17). The quantitative estimate of drug-likeness (QED) is 0.569. The van der Waals surface area contributed by atoms with Crippen LogP contribution < -0.4 is 15.8 Å². The molecule has 0 bridgehead atoms. The lowest BCUT2D eigenvalue weighted by molar-refractivity contribution is -0.115. The number of hydrogen-bond acceptors (Lipinski definition) is 5. The van der Waals surface area contributed by atoms with E-state index in [4.69, 9.17) is 15.2 Å². The van der Waals surface area contributed by atoms with E-state index in [1.54, 1.807) is 44.2 Å². The number of carbonyl (C=O) groups excluding carboxylic acids is 1. The molecule has 0 fully saturated rings. The SMILES string of the molecule is COCCCSC(C)C(=O)Nc1ccc(OC)cc1N. The van der Waals surface area contributed by atoms with Crippen LogP contribution in [0.5, 0.6) is 5.75 Å². The average Bonchev–Trinajstić information content (AvgIpc) is 2.45. The summed E-state index contributed by atoms with van der Waals surface area (Å²) < 4.78 is 10.0. The van der Waals surface area contributed by atoms with Gasteiger partial charge in [0, 0.05) is 19.8 Å². The van der Waals surface area contributed by atoms with Crippen LogP contribution >= 0.6 is 11.8 Å². The Balaban J connectivity index is 2.48. The third-order valence-corrected chi connectivity index (χ3v) is 3.98. The van der Waals surface area contributed by atoms with Crippen molar-refractivity contribution in [1.82, 2.24) is 0 Å². The van der Waals surface area contributed by atoms with Crippen LogP contribution in [0.1, 0.15) is 13.3 Å². The van der Waals surface area contributed by atoms with Crippen LogP contribution in [0, 0.1) is 0 Å². The molecule has 3 N–H and O–H groups in total. The fraction of sp³-hybridized carbons (Fsp3) is 0.500. The summed E-state index contributed by atoms with van der Waals surface area (Å²) in [5.74, 6) is 1.51. The van der Waals surface area contributed by atoms with Crippen molar-refractivity contribution in [1.29, 1.82) is 0 Å². The van der Waals surface area contributed by atoms with Crippen molar-refractivity contribution in [2.75, 3.05) is 37.6 Å². The predicted octanol–water partition coefficient (Wildman–Crippen LogP) is 2.37. The van der Waals surface area contributed by atoms with Crippen LogP contribution in [0.2, 0.25) is 0 Å². The van der Waals surface area contributed by atoms with Crippen LogP contribution in [-0.2, 0) is 9.53 Å². The lowest BCUT2D eigenvalue weighted by Crippen LogP contribution is -2.23. The molecule has 0 aromatic heterocycles. The number of benzene rings is 1. The van der Waals surface area contributed by atoms with Crippen molar-refractivity contribution in [3.8, 4) is 5.75 Å². The van der Waals surface area contributed by atoms with Gasteiger partial charge in [0.25, 0.3) is 0 Å². The van der Waals surface area contributed by atoms with Crippen molar-refractivity contribution in [2.24, 2.45) is 0 Å². The number of thioether (sulfide) groups is 1. The second-order valence-corrected chi connectivity index (χ2v) is 5.75. The van der Waals surface area contributed by atoms with E-state index >= 15 is 0 Å². The lowest BCUT2D eigenvalue weighted by atomic mass is 10.2. The largest absolute Gasteiger partial charge is 0.497 e. The number of rotatable bonds is 8. The van der Waals surface area contributed by atoms with Crippen LogP contribution in [-0.4, -0.2) is 37.7 Å². The molecule has 1 rings (SSSR count). The van der Waals surface area contributed by atoms with Crippen molar-refractivity contribution >= 4 is 29.0 Å².